The molecule has 0 fully saturated rings. The lowest BCUT2D eigenvalue weighted by Crippen LogP contribution is -2.29. The zero-order valence-electron chi connectivity index (χ0n) is 16.9. The number of aryl methyl sites for hydroxylation is 3. The zero-order valence-corrected chi connectivity index (χ0v) is 16.9. The monoisotopic (exact) mass is 376 g/mol. The fourth-order valence-electron chi connectivity index (χ4n) is 4.19. The Morgan fingerprint density at radius 1 is 1.04 bits per heavy atom. The van der Waals surface area contributed by atoms with Crippen LogP contribution in [0.15, 0.2) is 54.7 Å². The standard InChI is InChI=1S/C24H28N2O2/c1-17-7-9-20(14-18(17)2)24-21-6-4-11-25(21)12-5-13-26(24)16-19-8-10-23(28-3)22(27)15-19/h4,6-11,14-15,24,27H,5,12-13,16H2,1-3H3/t24-/m1/s1. The van der Waals surface area contributed by atoms with Crippen molar-refractivity contribution in [1.29, 1.82) is 0 Å². The molecule has 1 aromatic heterocycles. The molecule has 1 aliphatic heterocycles. The van der Waals surface area contributed by atoms with E-state index in [1.54, 1.807) is 7.11 Å². The first-order valence-electron chi connectivity index (χ1n) is 9.89. The lowest BCUT2D eigenvalue weighted by molar-refractivity contribution is 0.220. The molecule has 0 unspecified atom stereocenters. The van der Waals surface area contributed by atoms with E-state index in [1.807, 2.05) is 18.2 Å². The number of aromatic nitrogens is 1. The fraction of sp³-hybridized carbons (Fsp3) is 0.333. The van der Waals surface area contributed by atoms with Gasteiger partial charge in [-0.05, 0) is 66.8 Å². The highest BCUT2D eigenvalue weighted by molar-refractivity contribution is 5.42. The Balaban J connectivity index is 1.73. The normalized spacial score (nSPS) is 17.2. The van der Waals surface area contributed by atoms with Crippen LogP contribution >= 0.6 is 0 Å². The smallest absolute Gasteiger partial charge is 0.160 e. The van der Waals surface area contributed by atoms with Crippen molar-refractivity contribution in [3.8, 4) is 11.5 Å². The summed E-state index contributed by atoms with van der Waals surface area (Å²) in [6.45, 7) is 7.16. The van der Waals surface area contributed by atoms with Crippen molar-refractivity contribution in [1.82, 2.24) is 9.47 Å². The first-order valence-corrected chi connectivity index (χ1v) is 9.89. The van der Waals surface area contributed by atoms with E-state index in [0.29, 0.717) is 5.75 Å². The number of fused-ring (bicyclic) bond motifs is 1. The van der Waals surface area contributed by atoms with Crippen molar-refractivity contribution in [2.24, 2.45) is 0 Å². The number of phenols is 1. The van der Waals surface area contributed by atoms with E-state index in [4.69, 9.17) is 4.74 Å². The van der Waals surface area contributed by atoms with Gasteiger partial charge < -0.3 is 14.4 Å². The molecule has 4 rings (SSSR count). The molecule has 0 saturated heterocycles. The maximum Gasteiger partial charge on any atom is 0.160 e. The molecule has 0 amide bonds. The van der Waals surface area contributed by atoms with Crippen LogP contribution in [-0.2, 0) is 13.1 Å². The summed E-state index contributed by atoms with van der Waals surface area (Å²) in [4.78, 5) is 2.52. The molecule has 1 atom stereocenters. The molecule has 3 aromatic rings. The number of hydrogen-bond donors (Lipinski definition) is 1. The highest BCUT2D eigenvalue weighted by atomic mass is 16.5. The van der Waals surface area contributed by atoms with E-state index in [2.05, 4.69) is 59.8 Å². The van der Waals surface area contributed by atoms with Gasteiger partial charge in [-0.1, -0.05) is 24.3 Å². The summed E-state index contributed by atoms with van der Waals surface area (Å²) in [5.74, 6) is 0.708. The van der Waals surface area contributed by atoms with E-state index in [1.165, 1.54) is 22.4 Å². The largest absolute Gasteiger partial charge is 0.504 e. The zero-order chi connectivity index (χ0) is 19.7. The average molecular weight is 377 g/mol. The minimum Gasteiger partial charge on any atom is -0.504 e. The first-order chi connectivity index (χ1) is 13.6. The SMILES string of the molecule is COc1ccc(CN2CCCn3cccc3[C@H]2c2ccc(C)c(C)c2)cc1O. The van der Waals surface area contributed by atoms with Gasteiger partial charge in [-0.25, -0.2) is 0 Å². The second kappa shape index (κ2) is 7.72. The van der Waals surface area contributed by atoms with Crippen LogP contribution in [0.5, 0.6) is 11.5 Å². The molecular formula is C24H28N2O2. The average Bonchev–Trinajstić information content (AvgIpc) is 3.06. The number of hydrogen-bond acceptors (Lipinski definition) is 3. The van der Waals surface area contributed by atoms with Crippen LogP contribution in [0, 0.1) is 13.8 Å². The quantitative estimate of drug-likeness (QED) is 0.710. The Morgan fingerprint density at radius 2 is 1.89 bits per heavy atom. The number of methoxy groups -OCH3 is 1. The molecular weight excluding hydrogens is 348 g/mol. The van der Waals surface area contributed by atoms with Gasteiger partial charge in [0.15, 0.2) is 11.5 Å². The summed E-state index contributed by atoms with van der Waals surface area (Å²) in [7, 11) is 1.58. The Morgan fingerprint density at radius 3 is 2.64 bits per heavy atom. The van der Waals surface area contributed by atoms with Crippen LogP contribution in [0.2, 0.25) is 0 Å². The molecule has 0 saturated carbocycles. The van der Waals surface area contributed by atoms with Gasteiger partial charge in [0.05, 0.1) is 13.2 Å². The maximum absolute atomic E-state index is 10.2. The van der Waals surface area contributed by atoms with Gasteiger partial charge in [0.25, 0.3) is 0 Å². The van der Waals surface area contributed by atoms with Crippen LogP contribution in [-0.4, -0.2) is 28.2 Å². The van der Waals surface area contributed by atoms with Crippen LogP contribution in [0.4, 0.5) is 0 Å². The second-order valence-corrected chi connectivity index (χ2v) is 7.70. The van der Waals surface area contributed by atoms with Crippen LogP contribution in [0.1, 0.15) is 40.4 Å². The molecule has 146 valence electrons. The molecule has 1 N–H and O–H groups in total. The number of ether oxygens (including phenoxy) is 1. The van der Waals surface area contributed by atoms with E-state index < -0.39 is 0 Å². The molecule has 4 heteroatoms. The third kappa shape index (κ3) is 3.52. The Kier molecular flexibility index (Phi) is 5.14. The van der Waals surface area contributed by atoms with Crippen molar-refractivity contribution in [3.05, 3.63) is 82.7 Å². The third-order valence-corrected chi connectivity index (χ3v) is 5.83. The van der Waals surface area contributed by atoms with E-state index in [9.17, 15) is 5.11 Å². The predicted octanol–water partition coefficient (Wildman–Crippen LogP) is 4.81. The second-order valence-electron chi connectivity index (χ2n) is 7.70. The molecule has 2 aromatic carbocycles. The van der Waals surface area contributed by atoms with Crippen molar-refractivity contribution in [2.45, 2.75) is 39.4 Å². The van der Waals surface area contributed by atoms with Crippen molar-refractivity contribution < 1.29 is 9.84 Å². The lowest BCUT2D eigenvalue weighted by atomic mass is 9.97. The molecule has 1 aliphatic rings. The molecule has 4 nitrogen and oxygen atoms in total. The molecule has 0 radical (unpaired) electrons. The Hall–Kier alpha value is -2.72. The van der Waals surface area contributed by atoms with Crippen LogP contribution in [0.25, 0.3) is 0 Å². The highest BCUT2D eigenvalue weighted by Crippen LogP contribution is 2.35. The Bertz CT molecular complexity index is 976. The fourth-order valence-corrected chi connectivity index (χ4v) is 4.19. The summed E-state index contributed by atoms with van der Waals surface area (Å²) < 4.78 is 7.57. The van der Waals surface area contributed by atoms with Gasteiger partial charge in [0.2, 0.25) is 0 Å². The van der Waals surface area contributed by atoms with Gasteiger partial charge in [-0.3, -0.25) is 4.90 Å². The predicted molar refractivity (Wildman–Crippen MR) is 112 cm³/mol. The highest BCUT2D eigenvalue weighted by Gasteiger charge is 2.27. The third-order valence-electron chi connectivity index (χ3n) is 5.83. The summed E-state index contributed by atoms with van der Waals surface area (Å²) in [6.07, 6.45) is 3.29. The molecule has 0 spiro atoms. The molecule has 0 aliphatic carbocycles. The number of rotatable bonds is 4. The van der Waals surface area contributed by atoms with Crippen molar-refractivity contribution in [2.75, 3.05) is 13.7 Å². The minimum atomic E-state index is 0.195. The van der Waals surface area contributed by atoms with E-state index >= 15 is 0 Å². The Labute approximate surface area is 167 Å². The topological polar surface area (TPSA) is 37.6 Å². The number of benzene rings is 2. The van der Waals surface area contributed by atoms with Gasteiger partial charge in [0, 0.05) is 31.5 Å². The van der Waals surface area contributed by atoms with Crippen molar-refractivity contribution in [3.63, 3.8) is 0 Å². The van der Waals surface area contributed by atoms with Crippen molar-refractivity contribution >= 4 is 0 Å². The van der Waals surface area contributed by atoms with E-state index in [-0.39, 0.29) is 11.8 Å². The van der Waals surface area contributed by atoms with Gasteiger partial charge in [-0.15, -0.1) is 0 Å². The summed E-state index contributed by atoms with van der Waals surface area (Å²) in [6, 6.07) is 17.1. The van der Waals surface area contributed by atoms with Gasteiger partial charge in [-0.2, -0.15) is 0 Å². The first kappa shape index (κ1) is 18.6. The molecule has 2 heterocycles. The molecule has 28 heavy (non-hydrogen) atoms. The van der Waals surface area contributed by atoms with E-state index in [0.717, 1.165) is 31.6 Å². The van der Waals surface area contributed by atoms with Crippen LogP contribution in [0.3, 0.4) is 0 Å². The van der Waals surface area contributed by atoms with Gasteiger partial charge in [0.1, 0.15) is 0 Å². The number of nitrogens with zero attached hydrogens (tertiary/aromatic N) is 2. The van der Waals surface area contributed by atoms with Crippen LogP contribution < -0.4 is 4.74 Å². The minimum absolute atomic E-state index is 0.195. The molecule has 0 bridgehead atoms. The number of aromatic hydroxyl groups is 1. The number of phenolic OH excluding ortho intramolecular Hbond substituents is 1. The summed E-state index contributed by atoms with van der Waals surface area (Å²) >= 11 is 0. The summed E-state index contributed by atoms with van der Waals surface area (Å²) in [5.41, 5.74) is 6.38. The van der Waals surface area contributed by atoms with Gasteiger partial charge >= 0.3 is 0 Å². The lowest BCUT2D eigenvalue weighted by Gasteiger charge is -2.31. The maximum atomic E-state index is 10.2. The summed E-state index contributed by atoms with van der Waals surface area (Å²) in [5, 5.41) is 10.2.